The molecule has 0 saturated carbocycles. The van der Waals surface area contributed by atoms with E-state index < -0.39 is 0 Å². The molecule has 5 heteroatoms. The van der Waals surface area contributed by atoms with E-state index in [-0.39, 0.29) is 19.1 Å². The summed E-state index contributed by atoms with van der Waals surface area (Å²) in [5.41, 5.74) is 0.357. The van der Waals surface area contributed by atoms with Crippen molar-refractivity contribution in [2.75, 3.05) is 13.2 Å². The maximum atomic E-state index is 11.3. The summed E-state index contributed by atoms with van der Waals surface area (Å²) in [4.78, 5) is 11.3. The van der Waals surface area contributed by atoms with E-state index in [0.717, 1.165) is 0 Å². The first-order valence-corrected chi connectivity index (χ1v) is 4.71. The second kappa shape index (κ2) is 5.20. The Morgan fingerprint density at radius 3 is 2.29 bits per heavy atom. The van der Waals surface area contributed by atoms with Crippen LogP contribution in [0, 0.1) is 0 Å². The van der Waals surface area contributed by atoms with E-state index in [0.29, 0.717) is 15.6 Å². The molecule has 1 amide bonds. The molecule has 1 aromatic rings. The number of hydrogen-bond donors (Lipinski definition) is 1. The molecular formula is C9H8Cl2NO2. The van der Waals surface area contributed by atoms with Crippen molar-refractivity contribution < 1.29 is 9.90 Å². The van der Waals surface area contributed by atoms with Crippen LogP contribution in [-0.2, 0) is 5.11 Å². The largest absolute Gasteiger partial charge is 0.350 e. The van der Waals surface area contributed by atoms with Crippen LogP contribution in [0.15, 0.2) is 18.2 Å². The van der Waals surface area contributed by atoms with Crippen molar-refractivity contribution in [2.24, 2.45) is 0 Å². The van der Waals surface area contributed by atoms with Crippen molar-refractivity contribution in [1.29, 1.82) is 0 Å². The van der Waals surface area contributed by atoms with Crippen molar-refractivity contribution in [3.05, 3.63) is 33.8 Å². The minimum Gasteiger partial charge on any atom is -0.350 e. The highest BCUT2D eigenvalue weighted by Gasteiger charge is 2.06. The Bertz CT molecular complexity index is 321. The molecule has 0 aliphatic heterocycles. The number of nitrogens with one attached hydrogen (secondary N) is 1. The molecule has 0 heterocycles. The molecule has 0 unspecified atom stereocenters. The second-order valence-electron chi connectivity index (χ2n) is 2.62. The molecule has 0 aliphatic rings. The highest BCUT2D eigenvalue weighted by molar-refractivity contribution is 6.35. The normalized spacial score (nSPS) is 9.93. The van der Waals surface area contributed by atoms with Crippen LogP contribution >= 0.6 is 23.2 Å². The fourth-order valence-electron chi connectivity index (χ4n) is 0.952. The summed E-state index contributed by atoms with van der Waals surface area (Å²) in [7, 11) is 0. The van der Waals surface area contributed by atoms with Crippen LogP contribution in [0.4, 0.5) is 0 Å². The fourth-order valence-corrected chi connectivity index (χ4v) is 1.48. The molecule has 0 atom stereocenters. The van der Waals surface area contributed by atoms with Gasteiger partial charge in [-0.3, -0.25) is 4.79 Å². The van der Waals surface area contributed by atoms with E-state index in [1.165, 1.54) is 18.2 Å². The molecule has 0 spiro atoms. The summed E-state index contributed by atoms with van der Waals surface area (Å²) in [6, 6.07) is 4.52. The van der Waals surface area contributed by atoms with E-state index in [2.05, 4.69) is 5.32 Å². The van der Waals surface area contributed by atoms with Gasteiger partial charge in [0, 0.05) is 22.2 Å². The average Bonchev–Trinajstić information content (AvgIpc) is 2.12. The number of halogens is 2. The Morgan fingerprint density at radius 1 is 1.21 bits per heavy atom. The Labute approximate surface area is 91.6 Å². The summed E-state index contributed by atoms with van der Waals surface area (Å²) >= 11 is 11.4. The molecule has 14 heavy (non-hydrogen) atoms. The Morgan fingerprint density at radius 2 is 1.79 bits per heavy atom. The van der Waals surface area contributed by atoms with Crippen molar-refractivity contribution in [2.45, 2.75) is 0 Å². The first-order chi connectivity index (χ1) is 6.63. The quantitative estimate of drug-likeness (QED) is 0.854. The summed E-state index contributed by atoms with van der Waals surface area (Å²) in [5.74, 6) is -0.342. The number of rotatable bonds is 3. The van der Waals surface area contributed by atoms with Crippen LogP contribution in [-0.4, -0.2) is 19.1 Å². The van der Waals surface area contributed by atoms with Crippen molar-refractivity contribution in [3.63, 3.8) is 0 Å². The van der Waals surface area contributed by atoms with Gasteiger partial charge in [0.25, 0.3) is 5.91 Å². The van der Waals surface area contributed by atoms with E-state index in [1.54, 1.807) is 0 Å². The zero-order chi connectivity index (χ0) is 10.6. The molecule has 75 valence electrons. The van der Waals surface area contributed by atoms with Crippen molar-refractivity contribution >= 4 is 29.1 Å². The van der Waals surface area contributed by atoms with E-state index in [4.69, 9.17) is 23.2 Å². The maximum absolute atomic E-state index is 11.3. The zero-order valence-electron chi connectivity index (χ0n) is 7.22. The molecule has 0 bridgehead atoms. The summed E-state index contributed by atoms with van der Waals surface area (Å²) in [6.45, 7) is -0.247. The predicted octanol–water partition coefficient (Wildman–Crippen LogP) is 2.15. The summed E-state index contributed by atoms with van der Waals surface area (Å²) < 4.78 is 0. The topological polar surface area (TPSA) is 49.0 Å². The number of benzene rings is 1. The molecule has 1 rings (SSSR count). The molecule has 1 N–H and O–H groups in total. The molecule has 0 fully saturated rings. The van der Waals surface area contributed by atoms with Gasteiger partial charge in [0.2, 0.25) is 0 Å². The predicted molar refractivity (Wildman–Crippen MR) is 54.3 cm³/mol. The van der Waals surface area contributed by atoms with Crippen LogP contribution in [0.3, 0.4) is 0 Å². The highest BCUT2D eigenvalue weighted by atomic mass is 35.5. The lowest BCUT2D eigenvalue weighted by atomic mass is 10.2. The maximum Gasteiger partial charge on any atom is 0.251 e. The Kier molecular flexibility index (Phi) is 4.20. The minimum atomic E-state index is -0.347. The average molecular weight is 233 g/mol. The monoisotopic (exact) mass is 232 g/mol. The third-order valence-corrected chi connectivity index (χ3v) is 1.95. The van der Waals surface area contributed by atoms with Gasteiger partial charge in [-0.25, -0.2) is 5.11 Å². The molecular weight excluding hydrogens is 225 g/mol. The van der Waals surface area contributed by atoms with Crippen LogP contribution in [0.5, 0.6) is 0 Å². The molecule has 0 aromatic heterocycles. The minimum absolute atomic E-state index is 0.100. The molecule has 1 aromatic carbocycles. The number of amides is 1. The Hall–Kier alpha value is -0.770. The van der Waals surface area contributed by atoms with Gasteiger partial charge in [-0.2, -0.15) is 0 Å². The van der Waals surface area contributed by atoms with E-state index >= 15 is 0 Å². The molecule has 3 nitrogen and oxygen atoms in total. The van der Waals surface area contributed by atoms with Gasteiger partial charge < -0.3 is 5.32 Å². The second-order valence-corrected chi connectivity index (χ2v) is 3.49. The van der Waals surface area contributed by atoms with Crippen molar-refractivity contribution in [3.8, 4) is 0 Å². The lowest BCUT2D eigenvalue weighted by Gasteiger charge is -2.03. The summed E-state index contributed by atoms with van der Waals surface area (Å²) in [5, 5.41) is 13.4. The molecule has 0 aliphatic carbocycles. The highest BCUT2D eigenvalue weighted by Crippen LogP contribution is 2.18. The van der Waals surface area contributed by atoms with Gasteiger partial charge in [0.15, 0.2) is 0 Å². The third-order valence-electron chi connectivity index (χ3n) is 1.51. The van der Waals surface area contributed by atoms with Gasteiger partial charge in [-0.05, 0) is 18.2 Å². The van der Waals surface area contributed by atoms with Crippen LogP contribution in [0.25, 0.3) is 0 Å². The standard InChI is InChI=1S/C9H8Cl2NO2/c10-7-3-6(4-8(11)5-7)9(14)12-1-2-13/h3-5H,1-2H2,(H,12,14). The first-order valence-electron chi connectivity index (χ1n) is 3.96. The van der Waals surface area contributed by atoms with Gasteiger partial charge in [0.05, 0.1) is 6.61 Å². The van der Waals surface area contributed by atoms with Crippen LogP contribution < -0.4 is 5.32 Å². The third kappa shape index (κ3) is 3.18. The zero-order valence-corrected chi connectivity index (χ0v) is 8.73. The molecule has 0 saturated heterocycles. The lowest BCUT2D eigenvalue weighted by molar-refractivity contribution is 0.0933. The number of carbonyl (C=O) groups excluding carboxylic acids is 1. The van der Waals surface area contributed by atoms with Crippen molar-refractivity contribution in [1.82, 2.24) is 5.32 Å². The smallest absolute Gasteiger partial charge is 0.251 e. The number of carbonyl (C=O) groups is 1. The summed E-state index contributed by atoms with van der Waals surface area (Å²) in [6.07, 6.45) is 0. The first kappa shape index (κ1) is 11.3. The Balaban J connectivity index is 2.79. The van der Waals surface area contributed by atoms with Gasteiger partial charge in [0.1, 0.15) is 0 Å². The fraction of sp³-hybridized carbons (Fsp3) is 0.222. The SMILES string of the molecule is [O]CCNC(=O)c1cc(Cl)cc(Cl)c1. The van der Waals surface area contributed by atoms with Gasteiger partial charge >= 0.3 is 0 Å². The van der Waals surface area contributed by atoms with Gasteiger partial charge in [-0.1, -0.05) is 23.2 Å². The van der Waals surface area contributed by atoms with Crippen LogP contribution in [0.2, 0.25) is 10.0 Å². The lowest BCUT2D eigenvalue weighted by Crippen LogP contribution is -2.25. The number of hydrogen-bond acceptors (Lipinski definition) is 1. The van der Waals surface area contributed by atoms with Crippen LogP contribution in [0.1, 0.15) is 10.4 Å². The van der Waals surface area contributed by atoms with E-state index in [1.807, 2.05) is 0 Å². The van der Waals surface area contributed by atoms with Gasteiger partial charge in [-0.15, -0.1) is 0 Å². The molecule has 1 radical (unpaired) electrons. The van der Waals surface area contributed by atoms with E-state index in [9.17, 15) is 9.90 Å².